The van der Waals surface area contributed by atoms with Crippen LogP contribution in [0.15, 0.2) is 18.2 Å². The predicted molar refractivity (Wildman–Crippen MR) is 80.3 cm³/mol. The van der Waals surface area contributed by atoms with E-state index in [9.17, 15) is 4.79 Å². The van der Waals surface area contributed by atoms with E-state index in [0.717, 1.165) is 24.1 Å². The number of para-hydroxylation sites is 1. The molecule has 1 aromatic carbocycles. The van der Waals surface area contributed by atoms with Crippen LogP contribution in [-0.2, 0) is 27.1 Å². The van der Waals surface area contributed by atoms with Crippen molar-refractivity contribution in [3.05, 3.63) is 35.0 Å². The van der Waals surface area contributed by atoms with Crippen LogP contribution >= 0.6 is 0 Å². The Morgan fingerprint density at radius 2 is 2.23 bits per heavy atom. The number of benzene rings is 1. The first-order valence-electron chi connectivity index (χ1n) is 7.58. The fraction of sp³-hybridized carbons (Fsp3) is 0.471. The molecule has 0 amide bonds. The first kappa shape index (κ1) is 17.5. The van der Waals surface area contributed by atoms with Gasteiger partial charge in [0.05, 0.1) is 25.7 Å². The first-order valence-corrected chi connectivity index (χ1v) is 7.58. The maximum absolute atomic E-state index is 11.7. The molecule has 4 nitrogen and oxygen atoms in total. The molecule has 2 heterocycles. The van der Waals surface area contributed by atoms with E-state index >= 15 is 0 Å². The van der Waals surface area contributed by atoms with E-state index in [0.29, 0.717) is 13.2 Å². The van der Waals surface area contributed by atoms with Gasteiger partial charge < -0.3 is 14.5 Å². The Hall–Kier alpha value is -0.810. The van der Waals surface area contributed by atoms with Gasteiger partial charge >= 0.3 is 35.5 Å². The number of rotatable bonds is 4. The van der Waals surface area contributed by atoms with Gasteiger partial charge in [0.25, 0.3) is 0 Å². The van der Waals surface area contributed by atoms with Gasteiger partial charge in [0.15, 0.2) is 0 Å². The third kappa shape index (κ3) is 3.25. The van der Waals surface area contributed by atoms with Gasteiger partial charge in [0.2, 0.25) is 0 Å². The summed E-state index contributed by atoms with van der Waals surface area (Å²) in [5.41, 5.74) is 4.46. The molecule has 1 aliphatic heterocycles. The van der Waals surface area contributed by atoms with Gasteiger partial charge in [-0.3, -0.25) is 4.79 Å². The number of fused-ring (bicyclic) bond motifs is 3. The van der Waals surface area contributed by atoms with Crippen molar-refractivity contribution < 1.29 is 43.8 Å². The van der Waals surface area contributed by atoms with E-state index in [1.807, 2.05) is 6.92 Å². The van der Waals surface area contributed by atoms with Crippen molar-refractivity contribution in [3.63, 3.8) is 0 Å². The molecule has 0 radical (unpaired) electrons. The Labute approximate surface area is 152 Å². The smallest absolute Gasteiger partial charge is 0.658 e. The van der Waals surface area contributed by atoms with Gasteiger partial charge in [-0.1, -0.05) is 36.2 Å². The molecule has 0 aliphatic carbocycles. The third-order valence-corrected chi connectivity index (χ3v) is 4.00. The molecular weight excluding hydrogens is 289 g/mol. The minimum absolute atomic E-state index is 0. The second-order valence-corrected chi connectivity index (χ2v) is 5.26. The van der Waals surface area contributed by atoms with Crippen molar-refractivity contribution in [3.8, 4) is 0 Å². The van der Waals surface area contributed by atoms with Crippen LogP contribution in [0.4, 0.5) is 0 Å². The maximum Gasteiger partial charge on any atom is 1.00 e. The molecule has 1 aromatic heterocycles. The summed E-state index contributed by atoms with van der Waals surface area (Å²) in [6, 6.07) is 6.31. The Morgan fingerprint density at radius 3 is 2.95 bits per heavy atom. The van der Waals surface area contributed by atoms with Crippen molar-refractivity contribution in [2.24, 2.45) is 0 Å². The number of nitrogens with zero attached hydrogens (tertiary/aromatic N) is 1. The number of aromatic nitrogens is 1. The third-order valence-electron chi connectivity index (χ3n) is 4.00. The van der Waals surface area contributed by atoms with E-state index in [1.54, 1.807) is 0 Å². The molecule has 22 heavy (non-hydrogen) atoms. The van der Waals surface area contributed by atoms with Gasteiger partial charge in [0.1, 0.15) is 0 Å². The zero-order chi connectivity index (χ0) is 14.8. The van der Waals surface area contributed by atoms with Crippen LogP contribution in [0, 0.1) is 0 Å². The molecule has 1 unspecified atom stereocenters. The van der Waals surface area contributed by atoms with Gasteiger partial charge in [0, 0.05) is 0 Å². The molecular formula is C17H20NNaO3. The van der Waals surface area contributed by atoms with E-state index < -0.39 is 0 Å². The fourth-order valence-electron chi connectivity index (χ4n) is 3.02. The summed E-state index contributed by atoms with van der Waals surface area (Å²) < 4.78 is 10.8. The topological polar surface area (TPSA) is 49.6 Å². The van der Waals surface area contributed by atoms with E-state index in [1.165, 1.54) is 16.5 Å². The number of esters is 1. The normalized spacial score (nSPS) is 16.9. The van der Waals surface area contributed by atoms with Crippen molar-refractivity contribution in [1.82, 2.24) is 4.98 Å². The van der Waals surface area contributed by atoms with E-state index in [2.05, 4.69) is 25.1 Å². The molecule has 112 valence electrons. The number of hydrogen-bond donors (Lipinski definition) is 0. The van der Waals surface area contributed by atoms with E-state index in [-0.39, 0.29) is 48.1 Å². The average molecular weight is 309 g/mol. The number of carbonyl (C=O) groups excluding carboxylic acids is 1. The largest absolute Gasteiger partial charge is 1.00 e. The summed E-state index contributed by atoms with van der Waals surface area (Å²) in [5, 5.41) is 1.21. The van der Waals surface area contributed by atoms with Crippen LogP contribution in [0.2, 0.25) is 0 Å². The molecule has 0 bridgehead atoms. The summed E-state index contributed by atoms with van der Waals surface area (Å²) in [6.07, 6.45) is 1.78. The zero-order valence-corrected chi connectivity index (χ0v) is 15.5. The molecule has 0 saturated carbocycles. The van der Waals surface area contributed by atoms with Crippen LogP contribution < -0.4 is 34.5 Å². The molecule has 0 N–H and O–H groups in total. The van der Waals surface area contributed by atoms with Crippen molar-refractivity contribution >= 4 is 16.9 Å². The summed E-state index contributed by atoms with van der Waals surface area (Å²) >= 11 is 0. The maximum atomic E-state index is 11.7. The number of ether oxygens (including phenoxy) is 2. The second kappa shape index (κ2) is 7.64. The molecule has 5 heteroatoms. The first-order chi connectivity index (χ1) is 10.2. The number of carbonyl (C=O) groups is 1. The van der Waals surface area contributed by atoms with Crippen LogP contribution in [0.25, 0.3) is 10.9 Å². The van der Waals surface area contributed by atoms with Crippen LogP contribution in [0.3, 0.4) is 0 Å². The predicted octanol–water partition coefficient (Wildman–Crippen LogP) is -0.0696. The van der Waals surface area contributed by atoms with Gasteiger partial charge in [-0.05, 0) is 25.2 Å². The molecule has 0 saturated heterocycles. The number of aryl methyl sites for hydroxylation is 1. The minimum Gasteiger partial charge on any atom is -0.658 e. The Bertz CT molecular complexity index is 665. The summed E-state index contributed by atoms with van der Waals surface area (Å²) in [4.78, 5) is 16.5. The number of hydrogen-bond acceptors (Lipinski definition) is 3. The quantitative estimate of drug-likeness (QED) is 0.586. The zero-order valence-electron chi connectivity index (χ0n) is 13.5. The Kier molecular flexibility index (Phi) is 6.09. The van der Waals surface area contributed by atoms with Gasteiger partial charge in [-0.2, -0.15) is 0 Å². The second-order valence-electron chi connectivity index (χ2n) is 5.26. The monoisotopic (exact) mass is 309 g/mol. The van der Waals surface area contributed by atoms with Gasteiger partial charge in [-0.15, -0.1) is 11.2 Å². The van der Waals surface area contributed by atoms with Gasteiger partial charge in [-0.25, -0.2) is 0 Å². The van der Waals surface area contributed by atoms with Crippen molar-refractivity contribution in [2.75, 3.05) is 13.2 Å². The Balaban J connectivity index is 0.00000176. The summed E-state index contributed by atoms with van der Waals surface area (Å²) in [6.45, 7) is 4.98. The molecule has 0 fully saturated rings. The molecule has 1 aliphatic rings. The summed E-state index contributed by atoms with van der Waals surface area (Å²) in [5.74, 6) is -0.224. The minimum atomic E-state index is -0.273. The summed E-state index contributed by atoms with van der Waals surface area (Å²) in [7, 11) is 0. The molecule has 2 aromatic rings. The molecule has 3 rings (SSSR count). The molecule has 1 atom stereocenters. The molecule has 0 spiro atoms. The van der Waals surface area contributed by atoms with E-state index in [4.69, 9.17) is 14.5 Å². The SMILES string of the molecule is CCOC(=O)CC1OCCc2c1[n-]c1c(CC)cccc21.[Na+]. The fourth-order valence-corrected chi connectivity index (χ4v) is 3.02. The average Bonchev–Trinajstić information content (AvgIpc) is 2.87. The Morgan fingerprint density at radius 1 is 1.41 bits per heavy atom. The van der Waals surface area contributed by atoms with Crippen LogP contribution in [0.1, 0.15) is 43.2 Å². The van der Waals surface area contributed by atoms with Crippen LogP contribution in [-0.4, -0.2) is 19.2 Å². The van der Waals surface area contributed by atoms with Crippen LogP contribution in [0.5, 0.6) is 0 Å². The van der Waals surface area contributed by atoms with Crippen molar-refractivity contribution in [1.29, 1.82) is 0 Å². The standard InChI is InChI=1S/C17H20NO3.Na/c1-3-11-6-5-7-12-13-8-9-21-14(10-15(19)20-4-2)17(13)18-16(11)12;/h5-7,14H,3-4,8-10H2,1-2H3;/q-1;+1. The van der Waals surface area contributed by atoms with Crippen molar-refractivity contribution in [2.45, 2.75) is 39.2 Å².